The van der Waals surface area contributed by atoms with Gasteiger partial charge in [-0.2, -0.15) is 0 Å². The fourth-order valence-electron chi connectivity index (χ4n) is 1.96. The third-order valence-electron chi connectivity index (χ3n) is 2.87. The molecule has 0 radical (unpaired) electrons. The third-order valence-corrected chi connectivity index (χ3v) is 2.87. The lowest BCUT2D eigenvalue weighted by Gasteiger charge is -2.18. The van der Waals surface area contributed by atoms with Crippen molar-refractivity contribution in [3.63, 3.8) is 0 Å². The van der Waals surface area contributed by atoms with Gasteiger partial charge in [0.25, 0.3) is 0 Å². The molecule has 0 amide bonds. The molecule has 0 aromatic heterocycles. The van der Waals surface area contributed by atoms with Crippen LogP contribution in [0.25, 0.3) is 0 Å². The average molecular weight is 212 g/mol. The molecule has 3 heteroatoms. The number of aliphatic hydroxyl groups is 1. The molecule has 1 unspecified atom stereocenters. The lowest BCUT2D eigenvalue weighted by atomic mass is 9.93. The van der Waals surface area contributed by atoms with Crippen LogP contribution in [0.5, 0.6) is 0 Å². The normalized spacial score (nSPS) is 18.3. The van der Waals surface area contributed by atoms with Gasteiger partial charge in [-0.15, -0.1) is 0 Å². The molecule has 0 bridgehead atoms. The molecule has 0 aromatic rings. The van der Waals surface area contributed by atoms with Gasteiger partial charge in [0.05, 0.1) is 6.10 Å². The van der Waals surface area contributed by atoms with Crippen LogP contribution in [0.2, 0.25) is 0 Å². The summed E-state index contributed by atoms with van der Waals surface area (Å²) in [6.07, 6.45) is 8.70. The Bertz CT molecular complexity index is 233. The minimum atomic E-state index is -0.749. The zero-order valence-corrected chi connectivity index (χ0v) is 9.11. The number of carboxylic acids is 1. The number of aliphatic hydroxyl groups excluding tert-OH is 1. The second-order valence-electron chi connectivity index (χ2n) is 4.18. The molecule has 1 rings (SSSR count). The lowest BCUT2D eigenvalue weighted by Crippen LogP contribution is -2.12. The standard InChI is InChI=1S/C12H20O3/c13-11(8-4-5-9-12(14)15)10-6-2-1-3-7-10/h6,11,13H,1-5,7-9H2,(H,14,15). The summed E-state index contributed by atoms with van der Waals surface area (Å²) in [5.74, 6) is -0.749. The van der Waals surface area contributed by atoms with E-state index in [0.717, 1.165) is 24.8 Å². The molecule has 0 saturated heterocycles. The van der Waals surface area contributed by atoms with Crippen LogP contribution in [0.4, 0.5) is 0 Å². The van der Waals surface area contributed by atoms with Crippen LogP contribution >= 0.6 is 0 Å². The van der Waals surface area contributed by atoms with E-state index in [1.807, 2.05) is 0 Å². The highest BCUT2D eigenvalue weighted by Crippen LogP contribution is 2.22. The Morgan fingerprint density at radius 2 is 2.20 bits per heavy atom. The maximum absolute atomic E-state index is 10.3. The van der Waals surface area contributed by atoms with Crippen molar-refractivity contribution in [2.24, 2.45) is 0 Å². The van der Waals surface area contributed by atoms with E-state index in [2.05, 4.69) is 6.08 Å². The molecule has 1 aliphatic carbocycles. The molecular weight excluding hydrogens is 192 g/mol. The first-order chi connectivity index (χ1) is 7.20. The highest BCUT2D eigenvalue weighted by molar-refractivity contribution is 5.66. The average Bonchev–Trinajstić information content (AvgIpc) is 2.25. The Kier molecular flexibility index (Phi) is 5.40. The molecule has 0 fully saturated rings. The second kappa shape index (κ2) is 6.62. The molecule has 0 aliphatic heterocycles. The second-order valence-corrected chi connectivity index (χ2v) is 4.18. The van der Waals surface area contributed by atoms with Crippen molar-refractivity contribution >= 4 is 5.97 Å². The van der Waals surface area contributed by atoms with Gasteiger partial charge in [0, 0.05) is 6.42 Å². The predicted octanol–water partition coefficient (Wildman–Crippen LogP) is 2.49. The fraction of sp³-hybridized carbons (Fsp3) is 0.750. The number of hydrogen-bond donors (Lipinski definition) is 2. The van der Waals surface area contributed by atoms with Crippen molar-refractivity contribution in [1.29, 1.82) is 0 Å². The Hall–Kier alpha value is -0.830. The maximum atomic E-state index is 10.3. The van der Waals surface area contributed by atoms with Crippen molar-refractivity contribution in [3.8, 4) is 0 Å². The Balaban J connectivity index is 2.14. The topological polar surface area (TPSA) is 57.5 Å². The Morgan fingerprint density at radius 1 is 1.40 bits per heavy atom. The molecule has 3 nitrogen and oxygen atoms in total. The van der Waals surface area contributed by atoms with Crippen LogP contribution in [-0.2, 0) is 4.79 Å². The van der Waals surface area contributed by atoms with E-state index in [4.69, 9.17) is 5.11 Å². The van der Waals surface area contributed by atoms with Crippen molar-refractivity contribution in [2.75, 3.05) is 0 Å². The molecule has 86 valence electrons. The van der Waals surface area contributed by atoms with Crippen LogP contribution in [0.1, 0.15) is 51.4 Å². The molecule has 0 heterocycles. The van der Waals surface area contributed by atoms with E-state index >= 15 is 0 Å². The van der Waals surface area contributed by atoms with Gasteiger partial charge in [-0.3, -0.25) is 4.79 Å². The number of carboxylic acid groups (broad SMARTS) is 1. The first-order valence-electron chi connectivity index (χ1n) is 5.79. The SMILES string of the molecule is O=C(O)CCCCC(O)C1=CCCCC1. The van der Waals surface area contributed by atoms with Crippen LogP contribution in [0.15, 0.2) is 11.6 Å². The lowest BCUT2D eigenvalue weighted by molar-refractivity contribution is -0.137. The monoisotopic (exact) mass is 212 g/mol. The smallest absolute Gasteiger partial charge is 0.303 e. The number of hydrogen-bond acceptors (Lipinski definition) is 2. The van der Waals surface area contributed by atoms with Gasteiger partial charge >= 0.3 is 5.97 Å². The van der Waals surface area contributed by atoms with Gasteiger partial charge < -0.3 is 10.2 Å². The molecule has 0 saturated carbocycles. The van der Waals surface area contributed by atoms with Gasteiger partial charge in [0.15, 0.2) is 0 Å². The number of allylic oxidation sites excluding steroid dienone is 1. The summed E-state index contributed by atoms with van der Waals surface area (Å²) >= 11 is 0. The first-order valence-corrected chi connectivity index (χ1v) is 5.79. The molecule has 1 aliphatic rings. The van der Waals surface area contributed by atoms with Crippen LogP contribution in [-0.4, -0.2) is 22.3 Å². The highest BCUT2D eigenvalue weighted by Gasteiger charge is 2.12. The highest BCUT2D eigenvalue weighted by atomic mass is 16.4. The van der Waals surface area contributed by atoms with Crippen molar-refractivity contribution < 1.29 is 15.0 Å². The maximum Gasteiger partial charge on any atom is 0.303 e. The molecular formula is C12H20O3. The molecule has 1 atom stereocenters. The summed E-state index contributed by atoms with van der Waals surface area (Å²) in [6.45, 7) is 0. The summed E-state index contributed by atoms with van der Waals surface area (Å²) in [7, 11) is 0. The van der Waals surface area contributed by atoms with Gasteiger partial charge in [0.2, 0.25) is 0 Å². The largest absolute Gasteiger partial charge is 0.481 e. The van der Waals surface area contributed by atoms with Gasteiger partial charge in [0.1, 0.15) is 0 Å². The first kappa shape index (κ1) is 12.2. The third kappa shape index (κ3) is 4.98. The van der Waals surface area contributed by atoms with Crippen LogP contribution < -0.4 is 0 Å². The predicted molar refractivity (Wildman–Crippen MR) is 58.7 cm³/mol. The van der Waals surface area contributed by atoms with E-state index in [1.165, 1.54) is 12.8 Å². The molecule has 0 aromatic carbocycles. The number of carbonyl (C=O) groups is 1. The summed E-state index contributed by atoms with van der Waals surface area (Å²) in [5.41, 5.74) is 1.16. The van der Waals surface area contributed by atoms with Gasteiger partial charge in [-0.25, -0.2) is 0 Å². The van der Waals surface area contributed by atoms with E-state index in [0.29, 0.717) is 12.8 Å². The van der Waals surface area contributed by atoms with E-state index in [1.54, 1.807) is 0 Å². The fourth-order valence-corrected chi connectivity index (χ4v) is 1.96. The van der Waals surface area contributed by atoms with Gasteiger partial charge in [-0.1, -0.05) is 6.08 Å². The molecule has 2 N–H and O–H groups in total. The zero-order chi connectivity index (χ0) is 11.1. The summed E-state index contributed by atoms with van der Waals surface area (Å²) in [6, 6.07) is 0. The Labute approximate surface area is 90.8 Å². The van der Waals surface area contributed by atoms with E-state index in [-0.39, 0.29) is 12.5 Å². The zero-order valence-electron chi connectivity index (χ0n) is 9.11. The van der Waals surface area contributed by atoms with Crippen molar-refractivity contribution in [2.45, 2.75) is 57.5 Å². The van der Waals surface area contributed by atoms with E-state index in [9.17, 15) is 9.90 Å². The van der Waals surface area contributed by atoms with Crippen molar-refractivity contribution in [3.05, 3.63) is 11.6 Å². The number of unbranched alkanes of at least 4 members (excludes halogenated alkanes) is 1. The quantitative estimate of drug-likeness (QED) is 0.525. The number of aliphatic carboxylic acids is 1. The van der Waals surface area contributed by atoms with Crippen molar-refractivity contribution in [1.82, 2.24) is 0 Å². The van der Waals surface area contributed by atoms with E-state index < -0.39 is 5.97 Å². The summed E-state index contributed by atoms with van der Waals surface area (Å²) in [5, 5.41) is 18.3. The summed E-state index contributed by atoms with van der Waals surface area (Å²) < 4.78 is 0. The summed E-state index contributed by atoms with van der Waals surface area (Å²) in [4.78, 5) is 10.3. The van der Waals surface area contributed by atoms with Crippen LogP contribution in [0, 0.1) is 0 Å². The molecule has 0 spiro atoms. The minimum absolute atomic E-state index is 0.214. The molecule has 15 heavy (non-hydrogen) atoms. The van der Waals surface area contributed by atoms with Gasteiger partial charge in [-0.05, 0) is 50.5 Å². The van der Waals surface area contributed by atoms with Crippen LogP contribution in [0.3, 0.4) is 0 Å². The Morgan fingerprint density at radius 3 is 2.80 bits per heavy atom. The minimum Gasteiger partial charge on any atom is -0.481 e. The number of rotatable bonds is 6.